The second-order valence-electron chi connectivity index (χ2n) is 3.71. The van der Waals surface area contributed by atoms with E-state index < -0.39 is 0 Å². The largest absolute Gasteiger partial charge is 0.484 e. The maximum Gasteiger partial charge on any atom is 0.136 e. The first kappa shape index (κ1) is 12.1. The molecule has 2 aromatic carbocycles. The van der Waals surface area contributed by atoms with Gasteiger partial charge >= 0.3 is 0 Å². The average molecular weight is 292 g/mol. The zero-order chi connectivity index (χ0) is 12.1. The molecule has 0 amide bonds. The van der Waals surface area contributed by atoms with Crippen molar-refractivity contribution in [3.05, 3.63) is 64.6 Å². The smallest absolute Gasteiger partial charge is 0.136 e. The minimum atomic E-state index is -0.106. The van der Waals surface area contributed by atoms with Crippen molar-refractivity contribution in [3.63, 3.8) is 0 Å². The van der Waals surface area contributed by atoms with Gasteiger partial charge in [-0.1, -0.05) is 46.3 Å². The predicted molar refractivity (Wildman–Crippen MR) is 73.0 cm³/mol. The molecule has 1 atom stereocenters. The first-order valence-electron chi connectivity index (χ1n) is 5.47. The van der Waals surface area contributed by atoms with Gasteiger partial charge in [-0.2, -0.15) is 0 Å². The van der Waals surface area contributed by atoms with Gasteiger partial charge in [0.2, 0.25) is 0 Å². The number of rotatable bonds is 4. The van der Waals surface area contributed by atoms with Crippen molar-refractivity contribution in [3.8, 4) is 5.75 Å². The Morgan fingerprint density at radius 2 is 1.65 bits per heavy atom. The second-order valence-corrected chi connectivity index (χ2v) is 4.62. The summed E-state index contributed by atoms with van der Waals surface area (Å²) in [6.45, 7) is 0.455. The van der Waals surface area contributed by atoms with Gasteiger partial charge in [-0.15, -0.1) is 0 Å². The van der Waals surface area contributed by atoms with Crippen molar-refractivity contribution >= 4 is 15.9 Å². The third kappa shape index (κ3) is 3.32. The zero-order valence-electron chi connectivity index (χ0n) is 9.34. The Bertz CT molecular complexity index is 455. The van der Waals surface area contributed by atoms with Gasteiger partial charge in [-0.25, -0.2) is 0 Å². The third-order valence-corrected chi connectivity index (χ3v) is 3.01. The van der Waals surface area contributed by atoms with Crippen molar-refractivity contribution in [1.82, 2.24) is 0 Å². The molecule has 2 rings (SSSR count). The van der Waals surface area contributed by atoms with E-state index in [1.807, 2.05) is 54.6 Å². The fraction of sp³-hybridized carbons (Fsp3) is 0.143. The Kier molecular flexibility index (Phi) is 4.18. The van der Waals surface area contributed by atoms with E-state index in [-0.39, 0.29) is 6.10 Å². The lowest BCUT2D eigenvalue weighted by molar-refractivity contribution is 0.214. The molecule has 17 heavy (non-hydrogen) atoms. The highest BCUT2D eigenvalue weighted by Gasteiger charge is 2.10. The van der Waals surface area contributed by atoms with Crippen molar-refractivity contribution in [2.75, 3.05) is 6.54 Å². The molecule has 0 saturated heterocycles. The molecule has 0 aliphatic rings. The summed E-state index contributed by atoms with van der Waals surface area (Å²) in [4.78, 5) is 0. The lowest BCUT2D eigenvalue weighted by atomic mass is 10.1. The lowest BCUT2D eigenvalue weighted by Crippen LogP contribution is -2.18. The Morgan fingerprint density at radius 1 is 1.00 bits per heavy atom. The molecule has 0 radical (unpaired) electrons. The molecule has 0 aliphatic carbocycles. The highest BCUT2D eigenvalue weighted by atomic mass is 79.9. The molecule has 0 bridgehead atoms. The summed E-state index contributed by atoms with van der Waals surface area (Å²) in [6.07, 6.45) is -0.106. The number of ether oxygens (including phenoxy) is 1. The van der Waals surface area contributed by atoms with Crippen molar-refractivity contribution in [2.45, 2.75) is 6.10 Å². The Balaban J connectivity index is 2.14. The van der Waals surface area contributed by atoms with Crippen LogP contribution in [0.1, 0.15) is 11.7 Å². The summed E-state index contributed by atoms with van der Waals surface area (Å²) < 4.78 is 6.90. The molecular formula is C14H14BrNO. The molecule has 88 valence electrons. The van der Waals surface area contributed by atoms with Gasteiger partial charge in [0, 0.05) is 11.0 Å². The van der Waals surface area contributed by atoms with E-state index in [0.29, 0.717) is 6.54 Å². The number of para-hydroxylation sites is 1. The molecular weight excluding hydrogens is 278 g/mol. The Morgan fingerprint density at radius 3 is 2.24 bits per heavy atom. The monoisotopic (exact) mass is 291 g/mol. The van der Waals surface area contributed by atoms with Crippen molar-refractivity contribution in [1.29, 1.82) is 0 Å². The summed E-state index contributed by atoms with van der Waals surface area (Å²) in [7, 11) is 0. The number of hydrogen-bond acceptors (Lipinski definition) is 2. The van der Waals surface area contributed by atoms with Crippen LogP contribution in [0, 0.1) is 0 Å². The molecule has 2 N–H and O–H groups in total. The molecule has 0 saturated carbocycles. The van der Waals surface area contributed by atoms with Gasteiger partial charge in [0.25, 0.3) is 0 Å². The highest BCUT2D eigenvalue weighted by molar-refractivity contribution is 9.10. The van der Waals surface area contributed by atoms with Crippen LogP contribution >= 0.6 is 15.9 Å². The minimum absolute atomic E-state index is 0.106. The molecule has 3 heteroatoms. The van der Waals surface area contributed by atoms with Crippen molar-refractivity contribution < 1.29 is 4.74 Å². The van der Waals surface area contributed by atoms with Crippen molar-refractivity contribution in [2.24, 2.45) is 5.73 Å². The Labute approximate surface area is 110 Å². The Hall–Kier alpha value is -1.32. The van der Waals surface area contributed by atoms with Crippen LogP contribution in [0.3, 0.4) is 0 Å². The number of hydrogen-bond donors (Lipinski definition) is 1. The number of nitrogens with two attached hydrogens (primary N) is 1. The van der Waals surface area contributed by atoms with Gasteiger partial charge in [0.1, 0.15) is 11.9 Å². The molecule has 0 fully saturated rings. The molecule has 0 spiro atoms. The standard InChI is InChI=1S/C14H14BrNO/c15-12-8-6-11(7-9-12)14(10-16)17-13-4-2-1-3-5-13/h1-9,14H,10,16H2. The molecule has 0 aromatic heterocycles. The maximum atomic E-state index is 5.85. The van der Waals surface area contributed by atoms with Crippen LogP contribution < -0.4 is 10.5 Å². The molecule has 2 aromatic rings. The van der Waals surface area contributed by atoms with Crippen LogP contribution in [-0.2, 0) is 0 Å². The molecule has 0 aliphatic heterocycles. The normalized spacial score (nSPS) is 12.1. The van der Waals surface area contributed by atoms with Gasteiger partial charge < -0.3 is 10.5 Å². The first-order valence-corrected chi connectivity index (χ1v) is 6.26. The minimum Gasteiger partial charge on any atom is -0.484 e. The van der Waals surface area contributed by atoms with E-state index in [9.17, 15) is 0 Å². The SMILES string of the molecule is NCC(Oc1ccccc1)c1ccc(Br)cc1. The van der Waals surface area contributed by atoms with Gasteiger partial charge in [0.15, 0.2) is 0 Å². The fourth-order valence-electron chi connectivity index (χ4n) is 1.59. The van der Waals surface area contributed by atoms with Crippen LogP contribution in [-0.4, -0.2) is 6.54 Å². The molecule has 0 heterocycles. The lowest BCUT2D eigenvalue weighted by Gasteiger charge is -2.17. The topological polar surface area (TPSA) is 35.2 Å². The van der Waals surface area contributed by atoms with E-state index in [2.05, 4.69) is 15.9 Å². The van der Waals surface area contributed by atoms with E-state index in [0.717, 1.165) is 15.8 Å². The summed E-state index contributed by atoms with van der Waals surface area (Å²) in [6, 6.07) is 17.7. The summed E-state index contributed by atoms with van der Waals surface area (Å²) in [5.74, 6) is 0.839. The summed E-state index contributed by atoms with van der Waals surface area (Å²) in [5, 5.41) is 0. The van der Waals surface area contributed by atoms with Crippen LogP contribution in [0.25, 0.3) is 0 Å². The summed E-state index contributed by atoms with van der Waals surface area (Å²) >= 11 is 3.41. The second kappa shape index (κ2) is 5.84. The van der Waals surface area contributed by atoms with Crippen LogP contribution in [0.15, 0.2) is 59.1 Å². The highest BCUT2D eigenvalue weighted by Crippen LogP contribution is 2.22. The van der Waals surface area contributed by atoms with Gasteiger partial charge in [-0.05, 0) is 29.8 Å². The quantitative estimate of drug-likeness (QED) is 0.935. The number of halogens is 1. The third-order valence-electron chi connectivity index (χ3n) is 2.48. The van der Waals surface area contributed by atoms with Gasteiger partial charge in [-0.3, -0.25) is 0 Å². The first-order chi connectivity index (χ1) is 8.29. The number of benzene rings is 2. The molecule has 2 nitrogen and oxygen atoms in total. The van der Waals surface area contributed by atoms with E-state index in [1.54, 1.807) is 0 Å². The average Bonchev–Trinajstić information content (AvgIpc) is 2.38. The van der Waals surface area contributed by atoms with Crippen LogP contribution in [0.2, 0.25) is 0 Å². The maximum absolute atomic E-state index is 5.85. The zero-order valence-corrected chi connectivity index (χ0v) is 10.9. The van der Waals surface area contributed by atoms with Crippen LogP contribution in [0.5, 0.6) is 5.75 Å². The van der Waals surface area contributed by atoms with Gasteiger partial charge in [0.05, 0.1) is 0 Å². The predicted octanol–water partition coefficient (Wildman–Crippen LogP) is 3.53. The molecule has 1 unspecified atom stereocenters. The van der Waals surface area contributed by atoms with E-state index >= 15 is 0 Å². The fourth-order valence-corrected chi connectivity index (χ4v) is 1.86. The summed E-state index contributed by atoms with van der Waals surface area (Å²) in [5.41, 5.74) is 6.84. The van der Waals surface area contributed by atoms with Crippen LogP contribution in [0.4, 0.5) is 0 Å². The van der Waals surface area contributed by atoms with E-state index in [1.165, 1.54) is 0 Å². The van der Waals surface area contributed by atoms with E-state index in [4.69, 9.17) is 10.5 Å².